The Morgan fingerprint density at radius 2 is 2.03 bits per heavy atom. The number of aliphatic hydroxyl groups is 1. The lowest BCUT2D eigenvalue weighted by molar-refractivity contribution is -0.138. The summed E-state index contributed by atoms with van der Waals surface area (Å²) in [6.45, 7) is 0.515. The highest BCUT2D eigenvalue weighted by atomic mass is 19.4. The van der Waals surface area contributed by atoms with Crippen molar-refractivity contribution >= 4 is 17.4 Å². The molecule has 0 aromatic carbocycles. The SMILES string of the molecule is NC(=O)C1(O)CCCN(c2ccnc(-c3cnc4ccc(C(F)(F)F)cn34)n2)C1. The first-order valence-electron chi connectivity index (χ1n) is 8.82. The Kier molecular flexibility index (Phi) is 4.41. The van der Waals surface area contributed by atoms with Crippen LogP contribution < -0.4 is 10.6 Å². The molecule has 3 aromatic heterocycles. The fourth-order valence-electron chi connectivity index (χ4n) is 3.40. The number of carbonyl (C=O) groups is 1. The molecule has 1 saturated heterocycles. The van der Waals surface area contributed by atoms with Gasteiger partial charge in [0.15, 0.2) is 11.4 Å². The zero-order valence-corrected chi connectivity index (χ0v) is 15.1. The maximum absolute atomic E-state index is 13.1. The van der Waals surface area contributed by atoms with Crippen LogP contribution in [0.5, 0.6) is 0 Å². The smallest absolute Gasteiger partial charge is 0.378 e. The van der Waals surface area contributed by atoms with Crippen molar-refractivity contribution in [1.82, 2.24) is 19.4 Å². The molecule has 3 N–H and O–H groups in total. The van der Waals surface area contributed by atoms with Gasteiger partial charge in [-0.25, -0.2) is 15.0 Å². The minimum atomic E-state index is -4.49. The Morgan fingerprint density at radius 1 is 1.24 bits per heavy atom. The van der Waals surface area contributed by atoms with Crippen LogP contribution >= 0.6 is 0 Å². The number of nitrogens with zero attached hydrogens (tertiary/aromatic N) is 5. The van der Waals surface area contributed by atoms with E-state index in [0.29, 0.717) is 24.4 Å². The van der Waals surface area contributed by atoms with Gasteiger partial charge in [-0.15, -0.1) is 0 Å². The highest BCUT2D eigenvalue weighted by molar-refractivity contribution is 5.84. The number of primary amides is 1. The van der Waals surface area contributed by atoms with E-state index < -0.39 is 23.2 Å². The van der Waals surface area contributed by atoms with Crippen LogP contribution in [0, 0.1) is 0 Å². The summed E-state index contributed by atoms with van der Waals surface area (Å²) >= 11 is 0. The number of pyridine rings is 1. The number of anilines is 1. The van der Waals surface area contributed by atoms with Crippen molar-refractivity contribution in [2.24, 2.45) is 5.73 Å². The number of carbonyl (C=O) groups excluding carboxylic acids is 1. The Hall–Kier alpha value is -3.21. The van der Waals surface area contributed by atoms with Crippen LogP contribution in [0.2, 0.25) is 0 Å². The molecule has 11 heteroatoms. The third kappa shape index (κ3) is 3.48. The number of piperidine rings is 1. The van der Waals surface area contributed by atoms with Crippen LogP contribution in [0.15, 0.2) is 36.8 Å². The van der Waals surface area contributed by atoms with Crippen LogP contribution in [0.3, 0.4) is 0 Å². The Bertz CT molecular complexity index is 1080. The highest BCUT2D eigenvalue weighted by Crippen LogP contribution is 2.31. The van der Waals surface area contributed by atoms with Gasteiger partial charge in [0.2, 0.25) is 0 Å². The second-order valence-corrected chi connectivity index (χ2v) is 6.95. The van der Waals surface area contributed by atoms with Crippen molar-refractivity contribution < 1.29 is 23.1 Å². The van der Waals surface area contributed by atoms with Gasteiger partial charge in [-0.1, -0.05) is 0 Å². The number of hydrogen-bond acceptors (Lipinski definition) is 6. The summed E-state index contributed by atoms with van der Waals surface area (Å²) in [4.78, 5) is 26.0. The molecule has 8 nitrogen and oxygen atoms in total. The molecule has 0 radical (unpaired) electrons. The van der Waals surface area contributed by atoms with E-state index in [9.17, 15) is 23.1 Å². The maximum Gasteiger partial charge on any atom is 0.417 e. The number of aromatic nitrogens is 4. The van der Waals surface area contributed by atoms with Crippen LogP contribution in [0.25, 0.3) is 17.2 Å². The van der Waals surface area contributed by atoms with Gasteiger partial charge in [0.25, 0.3) is 5.91 Å². The van der Waals surface area contributed by atoms with Gasteiger partial charge in [0.05, 0.1) is 18.3 Å². The van der Waals surface area contributed by atoms with E-state index >= 15 is 0 Å². The first-order chi connectivity index (χ1) is 13.7. The van der Waals surface area contributed by atoms with Crippen molar-refractivity contribution in [1.29, 1.82) is 0 Å². The average Bonchev–Trinajstić information content (AvgIpc) is 3.11. The van der Waals surface area contributed by atoms with Crippen molar-refractivity contribution in [3.63, 3.8) is 0 Å². The quantitative estimate of drug-likeness (QED) is 0.684. The molecule has 3 aromatic rings. The van der Waals surface area contributed by atoms with E-state index in [1.54, 1.807) is 11.0 Å². The van der Waals surface area contributed by atoms with Crippen LogP contribution in [0.1, 0.15) is 18.4 Å². The summed E-state index contributed by atoms with van der Waals surface area (Å²) < 4.78 is 40.5. The molecular weight excluding hydrogens is 389 g/mol. The molecule has 152 valence electrons. The van der Waals surface area contributed by atoms with Gasteiger partial charge >= 0.3 is 6.18 Å². The molecule has 0 spiro atoms. The second-order valence-electron chi connectivity index (χ2n) is 6.95. The van der Waals surface area contributed by atoms with Gasteiger partial charge in [-0.2, -0.15) is 13.2 Å². The summed E-state index contributed by atoms with van der Waals surface area (Å²) in [5.41, 5.74) is 3.44. The van der Waals surface area contributed by atoms with Crippen molar-refractivity contribution in [2.75, 3.05) is 18.0 Å². The van der Waals surface area contributed by atoms with E-state index in [0.717, 1.165) is 12.3 Å². The summed E-state index contributed by atoms with van der Waals surface area (Å²) in [7, 11) is 0. The molecule has 1 fully saturated rings. The topological polar surface area (TPSA) is 110 Å². The number of hydrogen-bond donors (Lipinski definition) is 2. The molecule has 1 unspecified atom stereocenters. The summed E-state index contributed by atoms with van der Waals surface area (Å²) in [5.74, 6) is -0.211. The molecule has 0 bridgehead atoms. The zero-order valence-electron chi connectivity index (χ0n) is 15.1. The van der Waals surface area contributed by atoms with Crippen molar-refractivity contribution in [3.8, 4) is 11.5 Å². The van der Waals surface area contributed by atoms with Crippen LogP contribution in [0.4, 0.5) is 19.0 Å². The fraction of sp³-hybridized carbons (Fsp3) is 0.333. The Morgan fingerprint density at radius 3 is 2.76 bits per heavy atom. The van der Waals surface area contributed by atoms with Gasteiger partial charge in [0, 0.05) is 18.9 Å². The molecule has 29 heavy (non-hydrogen) atoms. The number of amides is 1. The standard InChI is InChI=1S/C18H17F3N6O2/c19-18(20,21)11-2-3-13-24-8-12(27(13)9-11)15-23-6-4-14(25-15)26-7-1-5-17(29,10-26)16(22)28/h2-4,6,8-9,29H,1,5,7,10H2,(H2,22,28). The average molecular weight is 406 g/mol. The second kappa shape index (κ2) is 6.69. The van der Waals surface area contributed by atoms with Crippen LogP contribution in [-0.4, -0.2) is 49.1 Å². The Balaban J connectivity index is 1.72. The largest absolute Gasteiger partial charge is 0.417 e. The molecule has 1 amide bonds. The van der Waals surface area contributed by atoms with Gasteiger partial charge in [-0.3, -0.25) is 9.20 Å². The lowest BCUT2D eigenvalue weighted by atomic mass is 9.92. The molecule has 4 rings (SSSR count). The van der Waals surface area contributed by atoms with Crippen LogP contribution in [-0.2, 0) is 11.0 Å². The van der Waals surface area contributed by atoms with E-state index in [1.807, 2.05) is 0 Å². The number of halogens is 3. The number of rotatable bonds is 3. The van der Waals surface area contributed by atoms with E-state index in [4.69, 9.17) is 5.73 Å². The first kappa shape index (κ1) is 19.1. The predicted molar refractivity (Wildman–Crippen MR) is 96.8 cm³/mol. The fourth-order valence-corrected chi connectivity index (χ4v) is 3.40. The highest BCUT2D eigenvalue weighted by Gasteiger charge is 2.39. The van der Waals surface area contributed by atoms with Gasteiger partial charge in [0.1, 0.15) is 17.2 Å². The van der Waals surface area contributed by atoms with E-state index in [-0.39, 0.29) is 24.5 Å². The predicted octanol–water partition coefficient (Wildman–Crippen LogP) is 1.63. The zero-order chi connectivity index (χ0) is 20.8. The lowest BCUT2D eigenvalue weighted by Gasteiger charge is -2.37. The number of β-amino-alcohol motifs (C(OH)–C–C–N with tert-alkyl or cyclic N) is 1. The number of nitrogens with two attached hydrogens (primary N) is 1. The normalized spacial score (nSPS) is 20.2. The maximum atomic E-state index is 13.1. The minimum absolute atomic E-state index is 0.0236. The molecule has 0 aliphatic carbocycles. The number of fused-ring (bicyclic) bond motifs is 1. The molecule has 4 heterocycles. The van der Waals surface area contributed by atoms with E-state index in [1.165, 1.54) is 22.9 Å². The van der Waals surface area contributed by atoms with Gasteiger partial charge in [-0.05, 0) is 31.0 Å². The third-order valence-electron chi connectivity index (χ3n) is 4.96. The third-order valence-corrected chi connectivity index (χ3v) is 4.96. The molecule has 1 aliphatic rings. The monoisotopic (exact) mass is 406 g/mol. The molecule has 1 atom stereocenters. The molecule has 1 aliphatic heterocycles. The summed E-state index contributed by atoms with van der Waals surface area (Å²) in [6, 6.07) is 3.83. The molecule has 0 saturated carbocycles. The van der Waals surface area contributed by atoms with E-state index in [2.05, 4.69) is 15.0 Å². The lowest BCUT2D eigenvalue weighted by Crippen LogP contribution is -2.56. The Labute approximate surface area is 162 Å². The minimum Gasteiger partial charge on any atom is -0.378 e. The number of imidazole rings is 1. The summed E-state index contributed by atoms with van der Waals surface area (Å²) in [6.07, 6.45) is 0.0899. The molecular formula is C18H17F3N6O2. The van der Waals surface area contributed by atoms with Crippen molar-refractivity contribution in [2.45, 2.75) is 24.6 Å². The summed E-state index contributed by atoms with van der Waals surface area (Å²) in [5, 5.41) is 10.4. The van der Waals surface area contributed by atoms with Gasteiger partial charge < -0.3 is 15.7 Å². The van der Waals surface area contributed by atoms with Crippen molar-refractivity contribution in [3.05, 3.63) is 42.4 Å². The first-order valence-corrected chi connectivity index (χ1v) is 8.82. The number of alkyl halides is 3.